The van der Waals surface area contributed by atoms with Gasteiger partial charge in [-0.3, -0.25) is 0 Å². The van der Waals surface area contributed by atoms with Gasteiger partial charge in [0.2, 0.25) is 0 Å². The molecule has 6 heteroatoms. The van der Waals surface area contributed by atoms with E-state index in [0.717, 1.165) is 39.0 Å². The highest BCUT2D eigenvalue weighted by Crippen LogP contribution is 2.31. The summed E-state index contributed by atoms with van der Waals surface area (Å²) < 4.78 is 5.09. The molecular formula is C16H25N3O2S. The van der Waals surface area contributed by atoms with Gasteiger partial charge in [0.05, 0.1) is 11.6 Å². The lowest BCUT2D eigenvalue weighted by atomic mass is 9.94. The highest BCUT2D eigenvalue weighted by atomic mass is 32.1. The number of ether oxygens (including phenoxy) is 1. The monoisotopic (exact) mass is 323 g/mol. The van der Waals surface area contributed by atoms with Crippen LogP contribution in [0.1, 0.15) is 43.5 Å². The highest BCUT2D eigenvalue weighted by Gasteiger charge is 2.30. The van der Waals surface area contributed by atoms with Gasteiger partial charge in [-0.05, 0) is 45.7 Å². The Labute approximate surface area is 136 Å². The number of thiazole rings is 1. The fourth-order valence-electron chi connectivity index (χ4n) is 3.58. The predicted octanol–water partition coefficient (Wildman–Crippen LogP) is 2.94. The van der Waals surface area contributed by atoms with Crippen LogP contribution in [-0.2, 0) is 4.74 Å². The first-order valence-electron chi connectivity index (χ1n) is 8.33. The number of rotatable bonds is 3. The Kier molecular flexibility index (Phi) is 5.31. The summed E-state index contributed by atoms with van der Waals surface area (Å²) in [5.74, 6) is 0.649. The molecule has 5 nitrogen and oxygen atoms in total. The van der Waals surface area contributed by atoms with Crippen LogP contribution in [-0.4, -0.2) is 59.7 Å². The number of carbonyl (C=O) groups is 1. The molecule has 2 aliphatic rings. The third kappa shape index (κ3) is 3.60. The third-order valence-corrected chi connectivity index (χ3v) is 5.78. The average Bonchev–Trinajstić information content (AvgIpc) is 3.10. The van der Waals surface area contributed by atoms with Crippen molar-refractivity contribution in [2.45, 2.75) is 44.6 Å². The van der Waals surface area contributed by atoms with Crippen molar-refractivity contribution in [3.05, 3.63) is 16.6 Å². The van der Waals surface area contributed by atoms with Gasteiger partial charge in [0.15, 0.2) is 0 Å². The average molecular weight is 323 g/mol. The fraction of sp³-hybridized carbons (Fsp3) is 0.750. The molecule has 1 aromatic heterocycles. The Morgan fingerprint density at radius 3 is 2.59 bits per heavy atom. The van der Waals surface area contributed by atoms with Crippen LogP contribution in [0.3, 0.4) is 0 Å². The molecule has 1 amide bonds. The Morgan fingerprint density at radius 2 is 2.00 bits per heavy atom. The van der Waals surface area contributed by atoms with Gasteiger partial charge in [0.25, 0.3) is 0 Å². The zero-order valence-corrected chi connectivity index (χ0v) is 14.1. The van der Waals surface area contributed by atoms with Gasteiger partial charge >= 0.3 is 6.09 Å². The molecule has 2 aliphatic heterocycles. The quantitative estimate of drug-likeness (QED) is 0.858. The van der Waals surface area contributed by atoms with Crippen molar-refractivity contribution in [1.29, 1.82) is 0 Å². The minimum Gasteiger partial charge on any atom is -0.450 e. The van der Waals surface area contributed by atoms with Crippen molar-refractivity contribution < 1.29 is 9.53 Å². The number of hydrogen-bond donors (Lipinski definition) is 0. The fourth-order valence-corrected chi connectivity index (χ4v) is 4.39. The maximum absolute atomic E-state index is 11.7. The second kappa shape index (κ2) is 7.42. The van der Waals surface area contributed by atoms with E-state index in [2.05, 4.69) is 15.3 Å². The Bertz CT molecular complexity index is 464. The summed E-state index contributed by atoms with van der Waals surface area (Å²) in [6.07, 6.45) is 6.33. The molecule has 2 fully saturated rings. The van der Waals surface area contributed by atoms with E-state index in [1.165, 1.54) is 17.8 Å². The minimum atomic E-state index is -0.150. The predicted molar refractivity (Wildman–Crippen MR) is 87.3 cm³/mol. The Hall–Kier alpha value is -1.14. The highest BCUT2D eigenvalue weighted by molar-refractivity contribution is 7.09. The van der Waals surface area contributed by atoms with E-state index < -0.39 is 0 Å². The number of nitrogens with zero attached hydrogens (tertiary/aromatic N) is 3. The number of amides is 1. The van der Waals surface area contributed by atoms with Crippen molar-refractivity contribution in [2.24, 2.45) is 0 Å². The summed E-state index contributed by atoms with van der Waals surface area (Å²) in [5, 5.41) is 3.38. The van der Waals surface area contributed by atoms with Crippen LogP contribution in [0.15, 0.2) is 11.6 Å². The molecule has 122 valence electrons. The zero-order valence-electron chi connectivity index (χ0n) is 13.2. The van der Waals surface area contributed by atoms with Crippen LogP contribution in [0, 0.1) is 0 Å². The summed E-state index contributed by atoms with van der Waals surface area (Å²) in [5.41, 5.74) is 0. The van der Waals surface area contributed by atoms with Gasteiger partial charge < -0.3 is 14.5 Å². The molecule has 22 heavy (non-hydrogen) atoms. The molecule has 0 saturated carbocycles. The molecule has 0 spiro atoms. The van der Waals surface area contributed by atoms with E-state index in [1.54, 1.807) is 11.3 Å². The van der Waals surface area contributed by atoms with Crippen LogP contribution >= 0.6 is 11.3 Å². The minimum absolute atomic E-state index is 0.150. The molecule has 0 atom stereocenters. The number of piperidine rings is 2. The van der Waals surface area contributed by atoms with Gasteiger partial charge in [0.1, 0.15) is 0 Å². The SMILES string of the molecule is CCOC(=O)N1CCC(N2CCC(c3nccs3)CC2)CC1. The lowest BCUT2D eigenvalue weighted by Crippen LogP contribution is -2.48. The Morgan fingerprint density at radius 1 is 1.27 bits per heavy atom. The van der Waals surface area contributed by atoms with Crippen LogP contribution < -0.4 is 0 Å². The van der Waals surface area contributed by atoms with Crippen LogP contribution in [0.2, 0.25) is 0 Å². The second-order valence-electron chi connectivity index (χ2n) is 6.10. The molecule has 2 saturated heterocycles. The Balaban J connectivity index is 1.44. The molecule has 0 aromatic carbocycles. The van der Waals surface area contributed by atoms with Gasteiger partial charge in [0, 0.05) is 36.6 Å². The molecule has 0 aliphatic carbocycles. The van der Waals surface area contributed by atoms with Gasteiger partial charge in [-0.1, -0.05) is 0 Å². The molecular weight excluding hydrogens is 298 g/mol. The number of hydrogen-bond acceptors (Lipinski definition) is 5. The van der Waals surface area contributed by atoms with E-state index in [-0.39, 0.29) is 6.09 Å². The van der Waals surface area contributed by atoms with Crippen molar-refractivity contribution in [3.63, 3.8) is 0 Å². The molecule has 3 heterocycles. The van der Waals surface area contributed by atoms with Crippen molar-refractivity contribution in [3.8, 4) is 0 Å². The van der Waals surface area contributed by atoms with Gasteiger partial charge in [-0.25, -0.2) is 9.78 Å². The van der Waals surface area contributed by atoms with Crippen molar-refractivity contribution >= 4 is 17.4 Å². The van der Waals surface area contributed by atoms with E-state index in [1.807, 2.05) is 18.0 Å². The smallest absolute Gasteiger partial charge is 0.409 e. The first-order valence-corrected chi connectivity index (χ1v) is 9.21. The largest absolute Gasteiger partial charge is 0.450 e. The molecule has 0 radical (unpaired) electrons. The number of carbonyl (C=O) groups excluding carboxylic acids is 1. The van der Waals surface area contributed by atoms with Gasteiger partial charge in [-0.2, -0.15) is 0 Å². The lowest BCUT2D eigenvalue weighted by molar-refractivity contribution is 0.0663. The molecule has 0 bridgehead atoms. The first kappa shape index (κ1) is 15.7. The van der Waals surface area contributed by atoms with Crippen LogP contribution in [0.25, 0.3) is 0 Å². The maximum Gasteiger partial charge on any atom is 0.409 e. The van der Waals surface area contributed by atoms with Crippen LogP contribution in [0.5, 0.6) is 0 Å². The summed E-state index contributed by atoms with van der Waals surface area (Å²) in [6.45, 7) is 6.30. The maximum atomic E-state index is 11.7. The molecule has 0 unspecified atom stereocenters. The number of likely N-dealkylation sites (tertiary alicyclic amines) is 2. The van der Waals surface area contributed by atoms with Crippen molar-refractivity contribution in [2.75, 3.05) is 32.8 Å². The van der Waals surface area contributed by atoms with E-state index in [0.29, 0.717) is 18.6 Å². The number of aromatic nitrogens is 1. The second-order valence-corrected chi connectivity index (χ2v) is 7.02. The topological polar surface area (TPSA) is 45.7 Å². The summed E-state index contributed by atoms with van der Waals surface area (Å²) in [7, 11) is 0. The van der Waals surface area contributed by atoms with Gasteiger partial charge in [-0.15, -0.1) is 11.3 Å². The molecule has 3 rings (SSSR count). The van der Waals surface area contributed by atoms with E-state index in [4.69, 9.17) is 4.74 Å². The van der Waals surface area contributed by atoms with E-state index >= 15 is 0 Å². The first-order chi connectivity index (χ1) is 10.8. The normalized spacial score (nSPS) is 22.0. The summed E-state index contributed by atoms with van der Waals surface area (Å²) in [4.78, 5) is 20.7. The summed E-state index contributed by atoms with van der Waals surface area (Å²) >= 11 is 1.79. The lowest BCUT2D eigenvalue weighted by Gasteiger charge is -2.41. The van der Waals surface area contributed by atoms with Crippen molar-refractivity contribution in [1.82, 2.24) is 14.8 Å². The standard InChI is InChI=1S/C16H25N3O2S/c1-2-21-16(20)19-10-5-14(6-11-19)18-8-3-13(4-9-18)15-17-7-12-22-15/h7,12-14H,2-6,8-11H2,1H3. The molecule has 1 aromatic rings. The molecule has 0 N–H and O–H groups in total. The zero-order chi connectivity index (χ0) is 15.4. The van der Waals surface area contributed by atoms with Crippen LogP contribution in [0.4, 0.5) is 4.79 Å². The van der Waals surface area contributed by atoms with E-state index in [9.17, 15) is 4.79 Å². The summed E-state index contributed by atoms with van der Waals surface area (Å²) in [6, 6.07) is 0.628. The third-order valence-electron chi connectivity index (χ3n) is 4.84.